The lowest BCUT2D eigenvalue weighted by molar-refractivity contribution is -0.108. The van der Waals surface area contributed by atoms with Crippen molar-refractivity contribution in [3.63, 3.8) is 0 Å². The van der Waals surface area contributed by atoms with Gasteiger partial charge in [0.2, 0.25) is 5.78 Å². The summed E-state index contributed by atoms with van der Waals surface area (Å²) < 4.78 is 99.0. The lowest BCUT2D eigenvalue weighted by Gasteiger charge is -2.17. The molecule has 1 aliphatic carbocycles. The summed E-state index contributed by atoms with van der Waals surface area (Å²) >= 11 is 0. The van der Waals surface area contributed by atoms with E-state index in [2.05, 4.69) is 10.5 Å². The van der Waals surface area contributed by atoms with E-state index < -0.39 is 57.2 Å². The molecule has 0 spiro atoms. The molecule has 0 heterocycles. The fraction of sp³-hybridized carbons (Fsp3) is 0. The highest BCUT2D eigenvalue weighted by Gasteiger charge is 2.30. The third-order valence-electron chi connectivity index (χ3n) is 5.02. The van der Waals surface area contributed by atoms with E-state index in [1.54, 1.807) is 6.07 Å². The number of ketones is 1. The van der Waals surface area contributed by atoms with Crippen molar-refractivity contribution >= 4 is 64.4 Å². The Kier molecular flexibility index (Phi) is 5.87. The predicted molar refractivity (Wildman–Crippen MR) is 124 cm³/mol. The van der Waals surface area contributed by atoms with Crippen molar-refractivity contribution in [2.75, 3.05) is 5.43 Å². The van der Waals surface area contributed by atoms with Gasteiger partial charge >= 0.3 is 0 Å². The minimum Gasteiger partial charge on any atom is -0.287 e. The van der Waals surface area contributed by atoms with Crippen molar-refractivity contribution in [3.8, 4) is 0 Å². The Hall–Kier alpha value is -3.47. The molecule has 0 saturated heterocycles. The molecule has 0 saturated carbocycles. The number of rotatable bonds is 5. The third-order valence-corrected chi connectivity index (χ3v) is 7.64. The number of hydrogen-bond donors (Lipinski definition) is 4. The fourth-order valence-electron chi connectivity index (χ4n) is 3.54. The first kappa shape index (κ1) is 24.6. The van der Waals surface area contributed by atoms with E-state index in [1.807, 2.05) is 0 Å². The van der Waals surface area contributed by atoms with Crippen LogP contribution in [0.25, 0.3) is 16.8 Å². The summed E-state index contributed by atoms with van der Waals surface area (Å²) in [7, 11) is -14.5. The van der Waals surface area contributed by atoms with Crippen molar-refractivity contribution in [2.24, 2.45) is 5.10 Å². The van der Waals surface area contributed by atoms with Gasteiger partial charge in [-0.3, -0.25) is 23.9 Å². The fourth-order valence-corrected chi connectivity index (χ4v) is 5.60. The van der Waals surface area contributed by atoms with Crippen molar-refractivity contribution in [1.82, 2.24) is 0 Å². The van der Waals surface area contributed by atoms with Gasteiger partial charge in [-0.25, -0.2) is 0 Å². The number of hydrogen-bond acceptors (Lipinski definition) is 9. The molecule has 0 aromatic heterocycles. The zero-order valence-corrected chi connectivity index (χ0v) is 19.6. The highest BCUT2D eigenvalue weighted by Crippen LogP contribution is 2.32. The van der Waals surface area contributed by atoms with Crippen LogP contribution in [0.3, 0.4) is 0 Å². The maximum atomic E-state index is 12.6. The topological polar surface area (TPSA) is 205 Å². The Bertz CT molecular complexity index is 1810. The number of anilines is 1. The van der Waals surface area contributed by atoms with Crippen LogP contribution in [-0.4, -0.2) is 50.4 Å². The first-order chi connectivity index (χ1) is 16.2. The van der Waals surface area contributed by atoms with Crippen LogP contribution in [-0.2, 0) is 35.1 Å². The molecule has 0 bridgehead atoms. The molecule has 12 nitrogen and oxygen atoms in total. The number of nitrogens with one attached hydrogen (secondary N) is 1. The average Bonchev–Trinajstić information content (AvgIpc) is 2.75. The molecule has 0 aliphatic heterocycles. The van der Waals surface area contributed by atoms with E-state index in [0.717, 1.165) is 24.3 Å². The van der Waals surface area contributed by atoms with Crippen LogP contribution in [0.15, 0.2) is 74.4 Å². The summed E-state index contributed by atoms with van der Waals surface area (Å²) in [5.74, 6) is -0.798. The van der Waals surface area contributed by atoms with Gasteiger partial charge in [-0.2, -0.15) is 30.4 Å². The molecule has 3 aromatic rings. The Balaban J connectivity index is 1.92. The van der Waals surface area contributed by atoms with Crippen molar-refractivity contribution in [2.45, 2.75) is 14.7 Å². The Morgan fingerprint density at radius 3 is 1.94 bits per heavy atom. The zero-order valence-electron chi connectivity index (χ0n) is 17.1. The van der Waals surface area contributed by atoms with E-state index in [1.165, 1.54) is 24.3 Å². The second kappa shape index (κ2) is 8.33. The van der Waals surface area contributed by atoms with Gasteiger partial charge in [0.1, 0.15) is 15.5 Å². The van der Waals surface area contributed by atoms with Crippen molar-refractivity contribution < 1.29 is 43.7 Å². The number of nitrogens with zero attached hydrogens (tertiary/aromatic N) is 1. The molecule has 0 radical (unpaired) electrons. The van der Waals surface area contributed by atoms with Gasteiger partial charge in [-0.1, -0.05) is 30.3 Å². The molecule has 0 unspecified atom stereocenters. The van der Waals surface area contributed by atoms with Gasteiger partial charge < -0.3 is 0 Å². The third kappa shape index (κ3) is 4.72. The Labute approximate surface area is 198 Å². The molecule has 0 fully saturated rings. The van der Waals surface area contributed by atoms with Crippen molar-refractivity contribution in [1.29, 1.82) is 0 Å². The van der Waals surface area contributed by atoms with Crippen LogP contribution in [0, 0.1) is 0 Å². The summed E-state index contributed by atoms with van der Waals surface area (Å²) in [5, 5.41) is 4.36. The van der Waals surface area contributed by atoms with E-state index in [9.17, 15) is 43.7 Å². The molecule has 0 atom stereocenters. The number of hydrazone groups is 1. The normalized spacial score (nSPS) is 15.4. The highest BCUT2D eigenvalue weighted by molar-refractivity contribution is 7.86. The molecule has 3 aromatic carbocycles. The van der Waals surface area contributed by atoms with Gasteiger partial charge in [0.05, 0.1) is 10.6 Å². The average molecular weight is 539 g/mol. The smallest absolute Gasteiger partial charge is 0.287 e. The quantitative estimate of drug-likeness (QED) is 0.273. The highest BCUT2D eigenvalue weighted by atomic mass is 32.2. The summed E-state index contributed by atoms with van der Waals surface area (Å²) in [6, 6.07) is 9.77. The largest absolute Gasteiger partial charge is 0.295 e. The Morgan fingerprint density at radius 2 is 1.34 bits per heavy atom. The standard InChI is InChI=1S/C20H14N2O10S3/c23-16-7-5-11-9-12(33(24,25)26)10-18(35(30,31)32)19(11)20(16)22-21-15-6-8-17(34(27,28)29)14-4-2-1-3-13(14)15/h1-10,21H,(H,24,25,26)(H,27,28,29)(H,30,31,32)/b22-20+. The van der Waals surface area contributed by atoms with Gasteiger partial charge in [0.15, 0.2) is 0 Å². The van der Waals surface area contributed by atoms with Crippen LogP contribution >= 0.6 is 0 Å². The van der Waals surface area contributed by atoms with E-state index in [-0.39, 0.29) is 26.9 Å². The second-order valence-corrected chi connectivity index (χ2v) is 11.4. The minimum atomic E-state index is -5.09. The molecule has 4 rings (SSSR count). The number of benzene rings is 3. The molecular weight excluding hydrogens is 524 g/mol. The monoisotopic (exact) mass is 538 g/mol. The van der Waals surface area contributed by atoms with Crippen LogP contribution in [0.5, 0.6) is 0 Å². The number of allylic oxidation sites excluding steroid dienone is 1. The molecule has 15 heteroatoms. The summed E-state index contributed by atoms with van der Waals surface area (Å²) in [6.07, 6.45) is 2.07. The van der Waals surface area contributed by atoms with Crippen LogP contribution in [0.2, 0.25) is 0 Å². The first-order valence-electron chi connectivity index (χ1n) is 9.36. The maximum absolute atomic E-state index is 12.6. The molecular formula is C20H14N2O10S3. The second-order valence-electron chi connectivity index (χ2n) is 7.24. The van der Waals surface area contributed by atoms with E-state index in [4.69, 9.17) is 0 Å². The van der Waals surface area contributed by atoms with Crippen LogP contribution < -0.4 is 5.43 Å². The number of carbonyl (C=O) groups excluding carboxylic acids is 1. The summed E-state index contributed by atoms with van der Waals surface area (Å²) in [5.41, 5.74) is 1.65. The van der Waals surface area contributed by atoms with Gasteiger partial charge in [-0.05, 0) is 35.9 Å². The van der Waals surface area contributed by atoms with Gasteiger partial charge in [-0.15, -0.1) is 0 Å². The number of carbonyl (C=O) groups is 1. The van der Waals surface area contributed by atoms with Crippen LogP contribution in [0.1, 0.15) is 11.1 Å². The minimum absolute atomic E-state index is 0.131. The van der Waals surface area contributed by atoms with E-state index in [0.29, 0.717) is 6.07 Å². The molecule has 35 heavy (non-hydrogen) atoms. The first-order valence-corrected chi connectivity index (χ1v) is 13.7. The molecule has 1 aliphatic rings. The Morgan fingerprint density at radius 1 is 0.714 bits per heavy atom. The maximum Gasteiger partial charge on any atom is 0.295 e. The SMILES string of the molecule is O=C1C=Cc2cc(S(=O)(=O)O)cc(S(=O)(=O)O)c2/C1=N/Nc1ccc(S(=O)(=O)O)c2ccccc12. The van der Waals surface area contributed by atoms with Crippen molar-refractivity contribution in [3.05, 3.63) is 65.7 Å². The van der Waals surface area contributed by atoms with E-state index >= 15 is 0 Å². The van der Waals surface area contributed by atoms with Crippen LogP contribution in [0.4, 0.5) is 5.69 Å². The van der Waals surface area contributed by atoms with Gasteiger partial charge in [0, 0.05) is 16.3 Å². The lowest BCUT2D eigenvalue weighted by atomic mass is 9.94. The molecule has 0 amide bonds. The lowest BCUT2D eigenvalue weighted by Crippen LogP contribution is -2.23. The summed E-state index contributed by atoms with van der Waals surface area (Å²) in [6.45, 7) is 0. The summed E-state index contributed by atoms with van der Waals surface area (Å²) in [4.78, 5) is 10.4. The molecule has 4 N–H and O–H groups in total. The molecule has 182 valence electrons. The zero-order chi connectivity index (χ0) is 25.8. The predicted octanol–water partition coefficient (Wildman–Crippen LogP) is 1.99. The van der Waals surface area contributed by atoms with Gasteiger partial charge in [0.25, 0.3) is 30.4 Å². The number of fused-ring (bicyclic) bond motifs is 2.